The summed E-state index contributed by atoms with van der Waals surface area (Å²) in [6, 6.07) is 7.63. The zero-order chi connectivity index (χ0) is 15.5. The molecule has 0 aliphatic carbocycles. The minimum Gasteiger partial charge on any atom is -0.468 e. The molecule has 2 rings (SSSR count). The van der Waals surface area contributed by atoms with Crippen LogP contribution in [-0.4, -0.2) is 6.04 Å². The van der Waals surface area contributed by atoms with Crippen molar-refractivity contribution in [2.75, 3.05) is 0 Å². The maximum absolute atomic E-state index is 13.1. The number of hydrogen-bond acceptors (Lipinski definition) is 3. The van der Waals surface area contributed by atoms with Crippen molar-refractivity contribution in [2.24, 2.45) is 5.73 Å². The van der Waals surface area contributed by atoms with Crippen LogP contribution >= 0.6 is 11.8 Å². The lowest BCUT2D eigenvalue weighted by Crippen LogP contribution is -2.20. The molecule has 0 bridgehead atoms. The minimum absolute atomic E-state index is 0.206. The van der Waals surface area contributed by atoms with Crippen molar-refractivity contribution in [3.8, 4) is 0 Å². The monoisotopic (exact) mass is 315 g/mol. The lowest BCUT2D eigenvalue weighted by molar-refractivity contribution is -0.138. The van der Waals surface area contributed by atoms with E-state index in [-0.39, 0.29) is 18.0 Å². The Bertz CT molecular complexity index is 579. The first-order chi connectivity index (χ1) is 9.86. The first kappa shape index (κ1) is 16.0. The molecule has 0 amide bonds. The summed E-state index contributed by atoms with van der Waals surface area (Å²) < 4.78 is 44.5. The highest BCUT2D eigenvalue weighted by molar-refractivity contribution is 7.98. The van der Waals surface area contributed by atoms with Gasteiger partial charge in [-0.1, -0.05) is 6.07 Å². The molecule has 6 heteroatoms. The summed E-state index contributed by atoms with van der Waals surface area (Å²) in [5.41, 5.74) is 5.24. The van der Waals surface area contributed by atoms with E-state index in [1.807, 2.05) is 0 Å². The van der Waals surface area contributed by atoms with Gasteiger partial charge in [-0.15, -0.1) is 11.8 Å². The second-order valence-corrected chi connectivity index (χ2v) is 5.91. The standard InChI is InChI=1S/C15H16F3NOS/c1-10(19)7-11-4-5-13(8-14(11)15(16,17)18)21-9-12-3-2-6-20-12/h2-6,8,10H,7,9,19H2,1H3. The molecule has 2 aromatic rings. The Morgan fingerprint density at radius 3 is 2.62 bits per heavy atom. The Morgan fingerprint density at radius 1 is 1.29 bits per heavy atom. The van der Waals surface area contributed by atoms with Gasteiger partial charge in [-0.3, -0.25) is 0 Å². The topological polar surface area (TPSA) is 39.2 Å². The maximum Gasteiger partial charge on any atom is 0.416 e. The molecule has 21 heavy (non-hydrogen) atoms. The van der Waals surface area contributed by atoms with Crippen LogP contribution in [0.25, 0.3) is 0 Å². The number of furan rings is 1. The molecule has 114 valence electrons. The molecule has 2 N–H and O–H groups in total. The van der Waals surface area contributed by atoms with Gasteiger partial charge in [-0.25, -0.2) is 0 Å². The zero-order valence-corrected chi connectivity index (χ0v) is 12.3. The van der Waals surface area contributed by atoms with Crippen LogP contribution in [-0.2, 0) is 18.3 Å². The maximum atomic E-state index is 13.1. The Balaban J connectivity index is 2.20. The van der Waals surface area contributed by atoms with Gasteiger partial charge in [0.25, 0.3) is 0 Å². The summed E-state index contributed by atoms with van der Waals surface area (Å²) >= 11 is 1.31. The zero-order valence-electron chi connectivity index (χ0n) is 11.5. The van der Waals surface area contributed by atoms with Crippen molar-refractivity contribution in [3.63, 3.8) is 0 Å². The van der Waals surface area contributed by atoms with Crippen molar-refractivity contribution in [1.82, 2.24) is 0 Å². The SMILES string of the molecule is CC(N)Cc1ccc(SCc2ccco2)cc1C(F)(F)F. The van der Waals surface area contributed by atoms with Crippen LogP contribution in [0.15, 0.2) is 45.9 Å². The highest BCUT2D eigenvalue weighted by atomic mass is 32.2. The van der Waals surface area contributed by atoms with Crippen LogP contribution < -0.4 is 5.73 Å². The third-order valence-corrected chi connectivity index (χ3v) is 3.91. The van der Waals surface area contributed by atoms with Crippen molar-refractivity contribution in [3.05, 3.63) is 53.5 Å². The summed E-state index contributed by atoms with van der Waals surface area (Å²) in [4.78, 5) is 0.562. The van der Waals surface area contributed by atoms with E-state index < -0.39 is 11.7 Å². The van der Waals surface area contributed by atoms with Crippen LogP contribution in [0.4, 0.5) is 13.2 Å². The summed E-state index contributed by atoms with van der Waals surface area (Å²) in [6.07, 6.45) is -2.62. The smallest absolute Gasteiger partial charge is 0.416 e. The number of hydrogen-bond donors (Lipinski definition) is 1. The van der Waals surface area contributed by atoms with E-state index in [1.165, 1.54) is 23.9 Å². The number of halogens is 3. The van der Waals surface area contributed by atoms with E-state index in [4.69, 9.17) is 10.2 Å². The molecule has 0 saturated carbocycles. The van der Waals surface area contributed by atoms with Gasteiger partial charge in [0.15, 0.2) is 0 Å². The predicted molar refractivity (Wildman–Crippen MR) is 77.1 cm³/mol. The Morgan fingerprint density at radius 2 is 2.05 bits per heavy atom. The second kappa shape index (κ2) is 6.58. The van der Waals surface area contributed by atoms with Gasteiger partial charge in [0.05, 0.1) is 17.6 Å². The molecule has 0 saturated heterocycles. The van der Waals surface area contributed by atoms with Crippen molar-refractivity contribution < 1.29 is 17.6 Å². The summed E-state index contributed by atoms with van der Waals surface area (Å²) in [5, 5.41) is 0. The van der Waals surface area contributed by atoms with Crippen LogP contribution in [0.3, 0.4) is 0 Å². The fraction of sp³-hybridized carbons (Fsp3) is 0.333. The van der Waals surface area contributed by atoms with Gasteiger partial charge < -0.3 is 10.2 Å². The van der Waals surface area contributed by atoms with Gasteiger partial charge in [-0.2, -0.15) is 13.2 Å². The minimum atomic E-state index is -4.37. The van der Waals surface area contributed by atoms with Crippen LogP contribution in [0, 0.1) is 0 Å². The number of thioether (sulfide) groups is 1. The molecule has 1 heterocycles. The van der Waals surface area contributed by atoms with Crippen molar-refractivity contribution in [1.29, 1.82) is 0 Å². The van der Waals surface area contributed by atoms with Gasteiger partial charge >= 0.3 is 6.18 Å². The molecular weight excluding hydrogens is 299 g/mol. The normalized spacial score (nSPS) is 13.4. The summed E-state index contributed by atoms with van der Waals surface area (Å²) in [7, 11) is 0. The van der Waals surface area contributed by atoms with E-state index in [1.54, 1.807) is 31.4 Å². The highest BCUT2D eigenvalue weighted by Gasteiger charge is 2.33. The molecule has 0 fully saturated rings. The number of rotatable bonds is 5. The Kier molecular flexibility index (Phi) is 5.00. The first-order valence-corrected chi connectivity index (χ1v) is 7.45. The van der Waals surface area contributed by atoms with Crippen LogP contribution in [0.1, 0.15) is 23.8 Å². The van der Waals surface area contributed by atoms with Gasteiger partial charge in [0, 0.05) is 10.9 Å². The highest BCUT2D eigenvalue weighted by Crippen LogP contribution is 2.36. The van der Waals surface area contributed by atoms with E-state index in [0.717, 1.165) is 5.76 Å². The van der Waals surface area contributed by atoms with Crippen LogP contribution in [0.2, 0.25) is 0 Å². The van der Waals surface area contributed by atoms with E-state index in [9.17, 15) is 13.2 Å². The molecule has 0 spiro atoms. The van der Waals surface area contributed by atoms with E-state index in [2.05, 4.69) is 0 Å². The largest absolute Gasteiger partial charge is 0.468 e. The number of nitrogens with two attached hydrogens (primary N) is 1. The average molecular weight is 315 g/mol. The molecule has 1 aromatic heterocycles. The molecule has 1 atom stereocenters. The van der Waals surface area contributed by atoms with Crippen LogP contribution in [0.5, 0.6) is 0 Å². The summed E-state index contributed by atoms with van der Waals surface area (Å²) in [6.45, 7) is 1.69. The third-order valence-electron chi connectivity index (χ3n) is 2.89. The lowest BCUT2D eigenvalue weighted by atomic mass is 10.0. The third kappa shape index (κ3) is 4.54. The summed E-state index contributed by atoms with van der Waals surface area (Å²) in [5.74, 6) is 1.23. The Labute approximate surface area is 125 Å². The molecular formula is C15H16F3NOS. The number of alkyl halides is 3. The van der Waals surface area contributed by atoms with Crippen molar-refractivity contribution >= 4 is 11.8 Å². The fourth-order valence-corrected chi connectivity index (χ4v) is 2.82. The first-order valence-electron chi connectivity index (χ1n) is 6.47. The van der Waals surface area contributed by atoms with E-state index in [0.29, 0.717) is 10.6 Å². The fourth-order valence-electron chi connectivity index (χ4n) is 1.98. The molecule has 1 unspecified atom stereocenters. The molecule has 0 radical (unpaired) electrons. The van der Waals surface area contributed by atoms with Gasteiger partial charge in [-0.05, 0) is 43.2 Å². The second-order valence-electron chi connectivity index (χ2n) is 4.87. The lowest BCUT2D eigenvalue weighted by Gasteiger charge is -2.15. The van der Waals surface area contributed by atoms with Gasteiger partial charge in [0.2, 0.25) is 0 Å². The number of benzene rings is 1. The average Bonchev–Trinajstić information content (AvgIpc) is 2.88. The quantitative estimate of drug-likeness (QED) is 0.827. The van der Waals surface area contributed by atoms with E-state index >= 15 is 0 Å². The predicted octanol–water partition coefficient (Wildman–Crippen LogP) is 4.48. The molecule has 0 aliphatic rings. The Hall–Kier alpha value is -1.40. The molecule has 2 nitrogen and oxygen atoms in total. The molecule has 0 aliphatic heterocycles. The van der Waals surface area contributed by atoms with Crippen molar-refractivity contribution in [2.45, 2.75) is 36.2 Å². The van der Waals surface area contributed by atoms with Gasteiger partial charge in [0.1, 0.15) is 5.76 Å². The molecule has 1 aromatic carbocycles.